The lowest BCUT2D eigenvalue weighted by atomic mass is 10.2. The van der Waals surface area contributed by atoms with Crippen LogP contribution in [-0.2, 0) is 0 Å². The van der Waals surface area contributed by atoms with Gasteiger partial charge in [0.25, 0.3) is 5.91 Å². The Bertz CT molecular complexity index is 421. The molecule has 0 bridgehead atoms. The summed E-state index contributed by atoms with van der Waals surface area (Å²) in [7, 11) is 0. The van der Waals surface area contributed by atoms with Gasteiger partial charge in [-0.05, 0) is 31.6 Å². The SMILES string of the molecule is O=C(NCC(O)C1CC1)c1cc(C2CC2)on1. The molecule has 3 rings (SSSR count). The quantitative estimate of drug-likeness (QED) is 0.801. The molecular weight excluding hydrogens is 220 g/mol. The number of carbonyl (C=O) groups is 1. The fourth-order valence-corrected chi connectivity index (χ4v) is 1.89. The zero-order valence-electron chi connectivity index (χ0n) is 9.56. The van der Waals surface area contributed by atoms with E-state index in [0.29, 0.717) is 24.1 Å². The van der Waals surface area contributed by atoms with Gasteiger partial charge in [0, 0.05) is 18.5 Å². The van der Waals surface area contributed by atoms with Crippen molar-refractivity contribution < 1.29 is 14.4 Å². The van der Waals surface area contributed by atoms with Crippen LogP contribution < -0.4 is 5.32 Å². The Hall–Kier alpha value is -1.36. The van der Waals surface area contributed by atoms with Gasteiger partial charge in [-0.3, -0.25) is 4.79 Å². The van der Waals surface area contributed by atoms with Crippen LogP contribution in [0.15, 0.2) is 10.6 Å². The molecule has 1 atom stereocenters. The Morgan fingerprint density at radius 1 is 1.53 bits per heavy atom. The van der Waals surface area contributed by atoms with Crippen molar-refractivity contribution in [2.24, 2.45) is 5.92 Å². The smallest absolute Gasteiger partial charge is 0.273 e. The van der Waals surface area contributed by atoms with E-state index < -0.39 is 6.10 Å². The molecule has 5 nitrogen and oxygen atoms in total. The number of hydrogen-bond donors (Lipinski definition) is 2. The van der Waals surface area contributed by atoms with Crippen molar-refractivity contribution in [1.82, 2.24) is 10.5 Å². The monoisotopic (exact) mass is 236 g/mol. The third-order valence-electron chi connectivity index (χ3n) is 3.38. The summed E-state index contributed by atoms with van der Waals surface area (Å²) in [5, 5.41) is 16.1. The predicted octanol–water partition coefficient (Wildman–Crippen LogP) is 1.05. The predicted molar refractivity (Wildman–Crippen MR) is 59.5 cm³/mol. The van der Waals surface area contributed by atoms with Crippen LogP contribution in [0.3, 0.4) is 0 Å². The van der Waals surface area contributed by atoms with Crippen LogP contribution in [0.25, 0.3) is 0 Å². The van der Waals surface area contributed by atoms with Crippen molar-refractivity contribution in [3.05, 3.63) is 17.5 Å². The van der Waals surface area contributed by atoms with E-state index >= 15 is 0 Å². The molecule has 1 aromatic rings. The summed E-state index contributed by atoms with van der Waals surface area (Å²) in [5.41, 5.74) is 0.315. The van der Waals surface area contributed by atoms with E-state index in [0.717, 1.165) is 31.4 Å². The number of nitrogens with one attached hydrogen (secondary N) is 1. The summed E-state index contributed by atoms with van der Waals surface area (Å²) in [4.78, 5) is 11.7. The first kappa shape index (κ1) is 10.8. The zero-order valence-corrected chi connectivity index (χ0v) is 9.56. The molecule has 92 valence electrons. The molecule has 1 amide bonds. The molecule has 17 heavy (non-hydrogen) atoms. The van der Waals surface area contributed by atoms with E-state index in [2.05, 4.69) is 10.5 Å². The van der Waals surface area contributed by atoms with Crippen LogP contribution >= 0.6 is 0 Å². The highest BCUT2D eigenvalue weighted by Crippen LogP contribution is 2.40. The molecule has 0 spiro atoms. The maximum absolute atomic E-state index is 11.7. The number of amides is 1. The second-order valence-corrected chi connectivity index (χ2v) is 5.00. The largest absolute Gasteiger partial charge is 0.391 e. The molecule has 2 aliphatic rings. The number of carbonyl (C=O) groups excluding carboxylic acids is 1. The lowest BCUT2D eigenvalue weighted by molar-refractivity contribution is 0.0892. The maximum Gasteiger partial charge on any atom is 0.273 e. The van der Waals surface area contributed by atoms with Crippen LogP contribution in [0.1, 0.15) is 47.8 Å². The van der Waals surface area contributed by atoms with Gasteiger partial charge in [-0.15, -0.1) is 0 Å². The standard InChI is InChI=1S/C12H16N2O3/c15-10(7-1-2-7)6-13-12(16)9-5-11(17-14-9)8-3-4-8/h5,7-8,10,15H,1-4,6H2,(H,13,16). The van der Waals surface area contributed by atoms with Crippen LogP contribution in [-0.4, -0.2) is 28.8 Å². The fraction of sp³-hybridized carbons (Fsp3) is 0.667. The number of nitrogens with zero attached hydrogens (tertiary/aromatic N) is 1. The first-order valence-corrected chi connectivity index (χ1v) is 6.17. The van der Waals surface area contributed by atoms with Gasteiger partial charge >= 0.3 is 0 Å². The van der Waals surface area contributed by atoms with E-state index in [1.54, 1.807) is 6.07 Å². The van der Waals surface area contributed by atoms with Crippen LogP contribution in [0.5, 0.6) is 0 Å². The van der Waals surface area contributed by atoms with Gasteiger partial charge in [-0.25, -0.2) is 0 Å². The minimum absolute atomic E-state index is 0.264. The summed E-state index contributed by atoms with van der Waals surface area (Å²) < 4.78 is 5.10. The van der Waals surface area contributed by atoms with Crippen molar-refractivity contribution in [3.8, 4) is 0 Å². The fourth-order valence-electron chi connectivity index (χ4n) is 1.89. The minimum atomic E-state index is -0.422. The van der Waals surface area contributed by atoms with E-state index in [4.69, 9.17) is 4.52 Å². The molecule has 1 heterocycles. The second-order valence-electron chi connectivity index (χ2n) is 5.00. The molecular formula is C12H16N2O3. The Morgan fingerprint density at radius 3 is 2.94 bits per heavy atom. The summed E-state index contributed by atoms with van der Waals surface area (Å²) >= 11 is 0. The first-order valence-electron chi connectivity index (χ1n) is 6.17. The number of aromatic nitrogens is 1. The van der Waals surface area contributed by atoms with E-state index in [1.807, 2.05) is 0 Å². The van der Waals surface area contributed by atoms with Gasteiger partial charge in [-0.2, -0.15) is 0 Å². The first-order chi connectivity index (χ1) is 8.24. The van der Waals surface area contributed by atoms with Crippen molar-refractivity contribution in [2.75, 3.05) is 6.54 Å². The van der Waals surface area contributed by atoms with Gasteiger partial charge in [0.1, 0.15) is 5.76 Å². The molecule has 0 saturated heterocycles. The van der Waals surface area contributed by atoms with Gasteiger partial charge in [0.05, 0.1) is 6.10 Å². The Labute approximate surface area is 99.2 Å². The molecule has 2 aliphatic carbocycles. The molecule has 1 aromatic heterocycles. The Balaban J connectivity index is 1.53. The van der Waals surface area contributed by atoms with Crippen molar-refractivity contribution in [1.29, 1.82) is 0 Å². The van der Waals surface area contributed by atoms with E-state index in [-0.39, 0.29) is 5.91 Å². The van der Waals surface area contributed by atoms with Crippen molar-refractivity contribution in [2.45, 2.75) is 37.7 Å². The van der Waals surface area contributed by atoms with Gasteiger partial charge < -0.3 is 14.9 Å². The summed E-state index contributed by atoms with van der Waals surface area (Å²) in [5.74, 6) is 1.37. The average molecular weight is 236 g/mol. The van der Waals surface area contributed by atoms with Gasteiger partial charge in [-0.1, -0.05) is 5.16 Å². The number of aliphatic hydroxyl groups excluding tert-OH is 1. The molecule has 2 fully saturated rings. The summed E-state index contributed by atoms with van der Waals surface area (Å²) in [6.07, 6.45) is 3.95. The summed E-state index contributed by atoms with van der Waals surface area (Å²) in [6, 6.07) is 1.70. The normalized spacial score (nSPS) is 21.2. The molecule has 5 heteroatoms. The Morgan fingerprint density at radius 2 is 2.29 bits per heavy atom. The molecule has 0 aromatic carbocycles. The van der Waals surface area contributed by atoms with Crippen molar-refractivity contribution in [3.63, 3.8) is 0 Å². The highest BCUT2D eigenvalue weighted by molar-refractivity contribution is 5.92. The van der Waals surface area contributed by atoms with Crippen LogP contribution in [0.2, 0.25) is 0 Å². The molecule has 0 aliphatic heterocycles. The molecule has 1 unspecified atom stereocenters. The zero-order chi connectivity index (χ0) is 11.8. The molecule has 0 radical (unpaired) electrons. The van der Waals surface area contributed by atoms with E-state index in [9.17, 15) is 9.90 Å². The maximum atomic E-state index is 11.7. The van der Waals surface area contributed by atoms with Gasteiger partial charge in [0.2, 0.25) is 0 Å². The average Bonchev–Trinajstić information content (AvgIpc) is 3.23. The number of hydrogen-bond acceptors (Lipinski definition) is 4. The van der Waals surface area contributed by atoms with Gasteiger partial charge in [0.15, 0.2) is 5.69 Å². The third-order valence-corrected chi connectivity index (χ3v) is 3.38. The Kier molecular flexibility index (Phi) is 2.63. The lowest BCUT2D eigenvalue weighted by Crippen LogP contribution is -2.33. The van der Waals surface area contributed by atoms with Crippen molar-refractivity contribution >= 4 is 5.91 Å². The molecule has 2 N–H and O–H groups in total. The highest BCUT2D eigenvalue weighted by atomic mass is 16.5. The van der Waals surface area contributed by atoms with Crippen LogP contribution in [0.4, 0.5) is 0 Å². The topological polar surface area (TPSA) is 75.4 Å². The van der Waals surface area contributed by atoms with E-state index in [1.165, 1.54) is 0 Å². The number of rotatable bonds is 5. The summed E-state index contributed by atoms with van der Waals surface area (Å²) in [6.45, 7) is 0.301. The minimum Gasteiger partial charge on any atom is -0.391 e. The molecule has 2 saturated carbocycles. The second kappa shape index (κ2) is 4.14. The number of aliphatic hydroxyl groups is 1. The van der Waals surface area contributed by atoms with Crippen LogP contribution in [0, 0.1) is 5.92 Å². The third kappa shape index (κ3) is 2.49. The lowest BCUT2D eigenvalue weighted by Gasteiger charge is -2.08. The highest BCUT2D eigenvalue weighted by Gasteiger charge is 2.31.